The number of halogens is 1. The lowest BCUT2D eigenvalue weighted by atomic mass is 9.88. The van der Waals surface area contributed by atoms with Gasteiger partial charge in [0.05, 0.1) is 5.60 Å². The van der Waals surface area contributed by atoms with E-state index in [0.29, 0.717) is 18.6 Å². The van der Waals surface area contributed by atoms with Crippen molar-refractivity contribution < 1.29 is 9.13 Å². The molecule has 2 nitrogen and oxygen atoms in total. The summed E-state index contributed by atoms with van der Waals surface area (Å²) in [6, 6.07) is 6.73. The van der Waals surface area contributed by atoms with Gasteiger partial charge in [-0.05, 0) is 37.8 Å². The van der Waals surface area contributed by atoms with E-state index in [1.807, 2.05) is 19.1 Å². The molecule has 0 aliphatic heterocycles. The van der Waals surface area contributed by atoms with Crippen molar-refractivity contribution in [2.75, 3.05) is 6.61 Å². The van der Waals surface area contributed by atoms with Crippen LogP contribution in [0.4, 0.5) is 4.39 Å². The van der Waals surface area contributed by atoms with Gasteiger partial charge >= 0.3 is 0 Å². The Hall–Kier alpha value is -0.930. The Morgan fingerprint density at radius 3 is 2.61 bits per heavy atom. The maximum atomic E-state index is 13.7. The summed E-state index contributed by atoms with van der Waals surface area (Å²) in [5, 5.41) is 0. The largest absolute Gasteiger partial charge is 0.374 e. The van der Waals surface area contributed by atoms with E-state index in [1.165, 1.54) is 6.07 Å². The Morgan fingerprint density at radius 1 is 1.33 bits per heavy atom. The van der Waals surface area contributed by atoms with Crippen LogP contribution in [-0.2, 0) is 11.2 Å². The van der Waals surface area contributed by atoms with Crippen molar-refractivity contribution in [3.8, 4) is 0 Å². The zero-order valence-corrected chi connectivity index (χ0v) is 11.0. The van der Waals surface area contributed by atoms with Gasteiger partial charge in [-0.2, -0.15) is 0 Å². The molecule has 2 rings (SSSR count). The average Bonchev–Trinajstić information content (AvgIpc) is 2.82. The summed E-state index contributed by atoms with van der Waals surface area (Å²) < 4.78 is 19.6. The van der Waals surface area contributed by atoms with Gasteiger partial charge in [-0.15, -0.1) is 0 Å². The Balaban J connectivity index is 2.10. The number of benzene rings is 1. The van der Waals surface area contributed by atoms with Gasteiger partial charge in [0.2, 0.25) is 0 Å². The second-order valence-corrected chi connectivity index (χ2v) is 5.11. The summed E-state index contributed by atoms with van der Waals surface area (Å²) in [5.74, 6) is -0.169. The van der Waals surface area contributed by atoms with E-state index in [0.717, 1.165) is 25.7 Å². The molecular weight excluding hydrogens is 229 g/mol. The highest BCUT2D eigenvalue weighted by Crippen LogP contribution is 2.36. The molecule has 1 aliphatic rings. The zero-order chi connectivity index (χ0) is 13.0. The Kier molecular flexibility index (Phi) is 4.36. The third kappa shape index (κ3) is 2.73. The highest BCUT2D eigenvalue weighted by molar-refractivity contribution is 5.19. The molecule has 0 spiro atoms. The molecule has 3 heteroatoms. The van der Waals surface area contributed by atoms with Crippen LogP contribution >= 0.6 is 0 Å². The fourth-order valence-corrected chi connectivity index (χ4v) is 2.97. The van der Waals surface area contributed by atoms with Crippen molar-refractivity contribution in [1.82, 2.24) is 0 Å². The molecule has 2 N–H and O–H groups in total. The zero-order valence-electron chi connectivity index (χ0n) is 11.0. The van der Waals surface area contributed by atoms with E-state index in [2.05, 4.69) is 0 Å². The van der Waals surface area contributed by atoms with E-state index in [-0.39, 0.29) is 17.5 Å². The summed E-state index contributed by atoms with van der Waals surface area (Å²) in [6.07, 6.45) is 4.86. The number of ether oxygens (including phenoxy) is 1. The topological polar surface area (TPSA) is 35.2 Å². The van der Waals surface area contributed by atoms with Gasteiger partial charge in [0, 0.05) is 12.6 Å². The van der Waals surface area contributed by atoms with Gasteiger partial charge in [0.1, 0.15) is 5.82 Å². The summed E-state index contributed by atoms with van der Waals surface area (Å²) in [7, 11) is 0. The third-order valence-electron chi connectivity index (χ3n) is 3.96. The smallest absolute Gasteiger partial charge is 0.126 e. The standard InChI is InChI=1S/C15H22FNO/c1-2-18-15(9-5-6-10-15)14(17)11-12-7-3-4-8-13(12)16/h3-4,7-8,14H,2,5-6,9-11,17H2,1H3. The van der Waals surface area contributed by atoms with Crippen LogP contribution in [0.3, 0.4) is 0 Å². The van der Waals surface area contributed by atoms with Crippen LogP contribution in [0, 0.1) is 5.82 Å². The van der Waals surface area contributed by atoms with Crippen molar-refractivity contribution in [3.63, 3.8) is 0 Å². The minimum atomic E-state index is -0.239. The second kappa shape index (κ2) is 5.81. The molecule has 0 radical (unpaired) electrons. The van der Waals surface area contributed by atoms with Crippen molar-refractivity contribution in [1.29, 1.82) is 0 Å². The molecule has 0 bridgehead atoms. The summed E-state index contributed by atoms with van der Waals surface area (Å²) in [5.41, 5.74) is 6.76. The van der Waals surface area contributed by atoms with E-state index < -0.39 is 0 Å². The van der Waals surface area contributed by atoms with Crippen LogP contribution in [0.2, 0.25) is 0 Å². The van der Waals surface area contributed by atoms with Crippen LogP contribution in [-0.4, -0.2) is 18.2 Å². The van der Waals surface area contributed by atoms with E-state index in [9.17, 15) is 4.39 Å². The van der Waals surface area contributed by atoms with Gasteiger partial charge in [-0.1, -0.05) is 31.0 Å². The van der Waals surface area contributed by atoms with Gasteiger partial charge in [-0.25, -0.2) is 4.39 Å². The molecule has 1 unspecified atom stereocenters. The Labute approximate surface area is 108 Å². The molecule has 100 valence electrons. The van der Waals surface area contributed by atoms with Crippen molar-refractivity contribution in [2.45, 2.75) is 50.7 Å². The number of rotatable bonds is 5. The van der Waals surface area contributed by atoms with Crippen molar-refractivity contribution in [2.24, 2.45) is 5.73 Å². The average molecular weight is 251 g/mol. The number of nitrogens with two attached hydrogens (primary N) is 1. The number of hydrogen-bond acceptors (Lipinski definition) is 2. The Bertz CT molecular complexity index is 388. The lowest BCUT2D eigenvalue weighted by Gasteiger charge is -2.35. The van der Waals surface area contributed by atoms with Crippen LogP contribution in [0.15, 0.2) is 24.3 Å². The first-order valence-electron chi connectivity index (χ1n) is 6.81. The SMILES string of the molecule is CCOC1(C(N)Cc2ccccc2F)CCCC1. The molecule has 1 aromatic carbocycles. The van der Waals surface area contributed by atoms with Crippen molar-refractivity contribution >= 4 is 0 Å². The molecule has 0 amide bonds. The molecule has 1 atom stereocenters. The summed E-state index contributed by atoms with van der Waals surface area (Å²) in [6.45, 7) is 2.67. The fraction of sp³-hybridized carbons (Fsp3) is 0.600. The van der Waals surface area contributed by atoms with Gasteiger partial charge < -0.3 is 10.5 Å². The first-order chi connectivity index (χ1) is 8.68. The molecule has 1 fully saturated rings. The van der Waals surface area contributed by atoms with Crippen LogP contribution < -0.4 is 5.73 Å². The second-order valence-electron chi connectivity index (χ2n) is 5.11. The predicted octanol–water partition coefficient (Wildman–Crippen LogP) is 3.04. The molecule has 0 saturated heterocycles. The lowest BCUT2D eigenvalue weighted by molar-refractivity contribution is -0.0526. The maximum absolute atomic E-state index is 13.7. The highest BCUT2D eigenvalue weighted by Gasteiger charge is 2.40. The molecule has 0 aromatic heterocycles. The molecule has 1 aromatic rings. The van der Waals surface area contributed by atoms with Gasteiger partial charge in [0.15, 0.2) is 0 Å². The predicted molar refractivity (Wildman–Crippen MR) is 70.9 cm³/mol. The first-order valence-corrected chi connectivity index (χ1v) is 6.81. The van der Waals surface area contributed by atoms with E-state index in [4.69, 9.17) is 10.5 Å². The Morgan fingerprint density at radius 2 is 2.00 bits per heavy atom. The monoisotopic (exact) mass is 251 g/mol. The van der Waals surface area contributed by atoms with E-state index in [1.54, 1.807) is 6.07 Å². The maximum Gasteiger partial charge on any atom is 0.126 e. The molecule has 1 aliphatic carbocycles. The summed E-state index contributed by atoms with van der Waals surface area (Å²) >= 11 is 0. The molecule has 18 heavy (non-hydrogen) atoms. The normalized spacial score (nSPS) is 19.9. The van der Waals surface area contributed by atoms with Crippen molar-refractivity contribution in [3.05, 3.63) is 35.6 Å². The summed E-state index contributed by atoms with van der Waals surface area (Å²) in [4.78, 5) is 0. The lowest BCUT2D eigenvalue weighted by Crippen LogP contribution is -2.49. The fourth-order valence-electron chi connectivity index (χ4n) is 2.97. The quantitative estimate of drug-likeness (QED) is 0.873. The highest BCUT2D eigenvalue weighted by atomic mass is 19.1. The van der Waals surface area contributed by atoms with Crippen LogP contribution in [0.1, 0.15) is 38.2 Å². The van der Waals surface area contributed by atoms with Gasteiger partial charge in [0.25, 0.3) is 0 Å². The molecule has 0 heterocycles. The number of hydrogen-bond donors (Lipinski definition) is 1. The van der Waals surface area contributed by atoms with Crippen LogP contribution in [0.25, 0.3) is 0 Å². The first kappa shape index (κ1) is 13.5. The van der Waals surface area contributed by atoms with Crippen LogP contribution in [0.5, 0.6) is 0 Å². The minimum absolute atomic E-state index is 0.128. The van der Waals surface area contributed by atoms with Gasteiger partial charge in [-0.3, -0.25) is 0 Å². The molecule has 1 saturated carbocycles. The van der Waals surface area contributed by atoms with E-state index >= 15 is 0 Å². The molecular formula is C15H22FNO. The minimum Gasteiger partial charge on any atom is -0.374 e. The third-order valence-corrected chi connectivity index (χ3v) is 3.96.